The van der Waals surface area contributed by atoms with Crippen LogP contribution < -0.4 is 10.1 Å². The van der Waals surface area contributed by atoms with E-state index in [0.717, 1.165) is 30.0 Å². The molecule has 1 atom stereocenters. The van der Waals surface area contributed by atoms with Gasteiger partial charge in [0.05, 0.1) is 19.4 Å². The monoisotopic (exact) mass is 243 g/mol. The van der Waals surface area contributed by atoms with Crippen LogP contribution in [0.25, 0.3) is 0 Å². The molecule has 3 heteroatoms. The molecule has 0 spiro atoms. The van der Waals surface area contributed by atoms with Crippen molar-refractivity contribution in [2.45, 2.75) is 25.3 Å². The lowest BCUT2D eigenvalue weighted by Gasteiger charge is -2.23. The summed E-state index contributed by atoms with van der Waals surface area (Å²) in [4.78, 5) is 0. The smallest absolute Gasteiger partial charge is 0.119 e. The van der Waals surface area contributed by atoms with E-state index < -0.39 is 0 Å². The first-order valence-electron chi connectivity index (χ1n) is 6.33. The number of methoxy groups -OCH3 is 1. The zero-order valence-corrected chi connectivity index (χ0v) is 10.5. The molecule has 0 bridgehead atoms. The third kappa shape index (κ3) is 2.08. The number of rotatable bonds is 3. The van der Waals surface area contributed by atoms with Crippen LogP contribution in [0.5, 0.6) is 5.75 Å². The summed E-state index contributed by atoms with van der Waals surface area (Å²) in [5.41, 5.74) is 2.42. The van der Waals surface area contributed by atoms with Crippen molar-refractivity contribution in [3.05, 3.63) is 47.9 Å². The molecule has 1 aliphatic carbocycles. The number of hydrogen-bond acceptors (Lipinski definition) is 3. The SMILES string of the molecule is COc1ccc(NC2CCCc3occc32)cc1. The summed E-state index contributed by atoms with van der Waals surface area (Å²) < 4.78 is 10.7. The van der Waals surface area contributed by atoms with Gasteiger partial charge in [0.1, 0.15) is 11.5 Å². The van der Waals surface area contributed by atoms with Gasteiger partial charge in [0, 0.05) is 17.7 Å². The third-order valence-electron chi connectivity index (χ3n) is 3.48. The fourth-order valence-electron chi connectivity index (χ4n) is 2.52. The molecule has 1 unspecified atom stereocenters. The highest BCUT2D eigenvalue weighted by molar-refractivity contribution is 5.48. The molecule has 1 heterocycles. The highest BCUT2D eigenvalue weighted by Crippen LogP contribution is 2.33. The minimum atomic E-state index is 0.362. The van der Waals surface area contributed by atoms with Gasteiger partial charge >= 0.3 is 0 Å². The van der Waals surface area contributed by atoms with Gasteiger partial charge in [-0.1, -0.05) is 0 Å². The van der Waals surface area contributed by atoms with Gasteiger partial charge in [-0.15, -0.1) is 0 Å². The molecule has 0 amide bonds. The van der Waals surface area contributed by atoms with Crippen LogP contribution in [0.4, 0.5) is 5.69 Å². The molecule has 1 N–H and O–H groups in total. The van der Waals surface area contributed by atoms with Crippen molar-refractivity contribution in [2.24, 2.45) is 0 Å². The minimum absolute atomic E-state index is 0.362. The molecule has 2 aromatic rings. The van der Waals surface area contributed by atoms with Gasteiger partial charge < -0.3 is 14.5 Å². The summed E-state index contributed by atoms with van der Waals surface area (Å²) in [6, 6.07) is 10.5. The molecule has 1 aliphatic rings. The van der Waals surface area contributed by atoms with E-state index in [1.807, 2.05) is 24.3 Å². The third-order valence-corrected chi connectivity index (χ3v) is 3.48. The predicted molar refractivity (Wildman–Crippen MR) is 71.0 cm³/mol. The van der Waals surface area contributed by atoms with E-state index in [0.29, 0.717) is 6.04 Å². The fraction of sp³-hybridized carbons (Fsp3) is 0.333. The van der Waals surface area contributed by atoms with E-state index in [4.69, 9.17) is 9.15 Å². The van der Waals surface area contributed by atoms with E-state index in [9.17, 15) is 0 Å². The van der Waals surface area contributed by atoms with Crippen molar-refractivity contribution in [3.63, 3.8) is 0 Å². The highest BCUT2D eigenvalue weighted by Gasteiger charge is 2.22. The van der Waals surface area contributed by atoms with E-state index in [-0.39, 0.29) is 0 Å². The van der Waals surface area contributed by atoms with Crippen molar-refractivity contribution in [1.82, 2.24) is 0 Å². The average molecular weight is 243 g/mol. The maximum atomic E-state index is 5.50. The predicted octanol–water partition coefficient (Wildman–Crippen LogP) is 3.78. The van der Waals surface area contributed by atoms with Crippen molar-refractivity contribution >= 4 is 5.69 Å². The second-order valence-electron chi connectivity index (χ2n) is 4.62. The summed E-state index contributed by atoms with van der Waals surface area (Å²) in [5.74, 6) is 2.01. The number of aryl methyl sites for hydroxylation is 1. The lowest BCUT2D eigenvalue weighted by atomic mass is 9.93. The normalized spacial score (nSPS) is 18.2. The van der Waals surface area contributed by atoms with Gasteiger partial charge in [-0.05, 0) is 43.2 Å². The molecule has 3 rings (SSSR count). The Morgan fingerprint density at radius 1 is 1.22 bits per heavy atom. The van der Waals surface area contributed by atoms with Gasteiger partial charge in [-0.3, -0.25) is 0 Å². The summed E-state index contributed by atoms with van der Waals surface area (Å²) >= 11 is 0. The van der Waals surface area contributed by atoms with E-state index in [2.05, 4.69) is 11.4 Å². The molecular weight excluding hydrogens is 226 g/mol. The van der Waals surface area contributed by atoms with Crippen molar-refractivity contribution in [3.8, 4) is 5.75 Å². The number of benzene rings is 1. The second kappa shape index (κ2) is 4.77. The maximum absolute atomic E-state index is 5.50. The summed E-state index contributed by atoms with van der Waals surface area (Å²) in [5, 5.41) is 3.56. The van der Waals surface area contributed by atoms with Crippen LogP contribution in [-0.2, 0) is 6.42 Å². The Morgan fingerprint density at radius 3 is 2.83 bits per heavy atom. The number of ether oxygens (including phenoxy) is 1. The first kappa shape index (κ1) is 11.2. The van der Waals surface area contributed by atoms with Crippen molar-refractivity contribution < 1.29 is 9.15 Å². The summed E-state index contributed by atoms with van der Waals surface area (Å²) in [6.07, 6.45) is 5.18. The second-order valence-corrected chi connectivity index (χ2v) is 4.62. The molecule has 1 aromatic heterocycles. The van der Waals surface area contributed by atoms with Gasteiger partial charge in [0.25, 0.3) is 0 Å². The van der Waals surface area contributed by atoms with Gasteiger partial charge in [-0.25, -0.2) is 0 Å². The lowest BCUT2D eigenvalue weighted by Crippen LogP contribution is -2.15. The first-order valence-corrected chi connectivity index (χ1v) is 6.33. The quantitative estimate of drug-likeness (QED) is 0.890. The Labute approximate surface area is 107 Å². The summed E-state index contributed by atoms with van der Waals surface area (Å²) in [7, 11) is 1.68. The number of nitrogens with one attached hydrogen (secondary N) is 1. The van der Waals surface area contributed by atoms with Gasteiger partial charge in [0.15, 0.2) is 0 Å². The van der Waals surface area contributed by atoms with E-state index in [1.54, 1.807) is 13.4 Å². The Bertz CT molecular complexity index is 516. The zero-order chi connectivity index (χ0) is 12.4. The molecule has 3 nitrogen and oxygen atoms in total. The molecule has 0 saturated carbocycles. The molecular formula is C15H17NO2. The van der Waals surface area contributed by atoms with Crippen LogP contribution in [-0.4, -0.2) is 7.11 Å². The number of anilines is 1. The molecule has 0 radical (unpaired) electrons. The topological polar surface area (TPSA) is 34.4 Å². The Morgan fingerprint density at radius 2 is 2.06 bits per heavy atom. The zero-order valence-electron chi connectivity index (χ0n) is 10.5. The standard InChI is InChI=1S/C15H17NO2/c1-17-12-7-5-11(6-8-12)16-14-3-2-4-15-13(14)9-10-18-15/h5-10,14,16H,2-4H2,1H3. The van der Waals surface area contributed by atoms with Crippen LogP contribution in [0, 0.1) is 0 Å². The number of hydrogen-bond donors (Lipinski definition) is 1. The van der Waals surface area contributed by atoms with E-state index in [1.165, 1.54) is 12.0 Å². The summed E-state index contributed by atoms with van der Waals surface area (Å²) in [6.45, 7) is 0. The van der Waals surface area contributed by atoms with Gasteiger partial charge in [0.2, 0.25) is 0 Å². The Kier molecular flexibility index (Phi) is 2.97. The van der Waals surface area contributed by atoms with Crippen molar-refractivity contribution in [1.29, 1.82) is 0 Å². The average Bonchev–Trinajstić information content (AvgIpc) is 2.89. The first-order chi connectivity index (χ1) is 8.86. The van der Waals surface area contributed by atoms with Crippen LogP contribution in [0.15, 0.2) is 41.0 Å². The molecule has 18 heavy (non-hydrogen) atoms. The van der Waals surface area contributed by atoms with E-state index >= 15 is 0 Å². The van der Waals surface area contributed by atoms with Crippen LogP contribution >= 0.6 is 0 Å². The fourth-order valence-corrected chi connectivity index (χ4v) is 2.52. The molecule has 0 fully saturated rings. The van der Waals surface area contributed by atoms with Crippen molar-refractivity contribution in [2.75, 3.05) is 12.4 Å². The Balaban J connectivity index is 1.77. The van der Waals surface area contributed by atoms with Crippen LogP contribution in [0.1, 0.15) is 30.2 Å². The van der Waals surface area contributed by atoms with Crippen LogP contribution in [0.2, 0.25) is 0 Å². The minimum Gasteiger partial charge on any atom is -0.497 e. The number of furan rings is 1. The number of fused-ring (bicyclic) bond motifs is 1. The molecule has 0 saturated heterocycles. The molecule has 0 aliphatic heterocycles. The maximum Gasteiger partial charge on any atom is 0.119 e. The van der Waals surface area contributed by atoms with Crippen LogP contribution in [0.3, 0.4) is 0 Å². The van der Waals surface area contributed by atoms with Gasteiger partial charge in [-0.2, -0.15) is 0 Å². The molecule has 1 aromatic carbocycles. The highest BCUT2D eigenvalue weighted by atomic mass is 16.5. The largest absolute Gasteiger partial charge is 0.497 e. The lowest BCUT2D eigenvalue weighted by molar-refractivity contribution is 0.415. The molecule has 94 valence electrons. The Hall–Kier alpha value is -1.90.